The SMILES string of the molecule is C=O.C=O.C=O.CCCCCCC(O)CCCCCCCCCCOCOCCOCC(COCCOCOCCCCCCCCCCC(O)CCCCCC)OCCOCOCCCCCCCCCCC(O)CCCCCC. The molecule has 0 heterocycles. The van der Waals surface area contributed by atoms with Gasteiger partial charge in [-0.05, 0) is 57.8 Å². The fourth-order valence-electron chi connectivity index (χ4n) is 9.40. The molecule has 0 radical (unpaired) electrons. The molecule has 488 valence electrons. The van der Waals surface area contributed by atoms with Crippen molar-refractivity contribution in [3.63, 3.8) is 0 Å². The molecule has 0 bridgehead atoms. The average Bonchev–Trinajstić information content (AvgIpc) is 3.49. The molecule has 0 aromatic carbocycles. The van der Waals surface area contributed by atoms with E-state index < -0.39 is 0 Å². The number of aliphatic hydroxyl groups excluding tert-OH is 3. The van der Waals surface area contributed by atoms with E-state index in [9.17, 15) is 15.3 Å². The Morgan fingerprint density at radius 3 is 0.704 bits per heavy atom. The first-order valence-electron chi connectivity index (χ1n) is 33.2. The van der Waals surface area contributed by atoms with Gasteiger partial charge in [-0.15, -0.1) is 0 Å². The van der Waals surface area contributed by atoms with E-state index in [4.69, 9.17) is 57.0 Å². The molecule has 0 aliphatic heterocycles. The zero-order valence-electron chi connectivity index (χ0n) is 53.3. The summed E-state index contributed by atoms with van der Waals surface area (Å²) < 4.78 is 52.0. The van der Waals surface area contributed by atoms with Gasteiger partial charge in [0.25, 0.3) is 0 Å². The summed E-state index contributed by atoms with van der Waals surface area (Å²) in [5, 5.41) is 30.5. The Balaban J connectivity index is -0.00000476. The molecule has 3 N–H and O–H groups in total. The number of hydrogen-bond acceptors (Lipinski definition) is 15. The molecule has 15 heteroatoms. The van der Waals surface area contributed by atoms with Crippen LogP contribution in [0.3, 0.4) is 0 Å². The van der Waals surface area contributed by atoms with Gasteiger partial charge in [0.1, 0.15) is 46.9 Å². The second-order valence-corrected chi connectivity index (χ2v) is 21.8. The monoisotopic (exact) mass is 1170 g/mol. The minimum Gasteiger partial charge on any atom is -0.393 e. The van der Waals surface area contributed by atoms with Crippen LogP contribution in [-0.4, -0.2) is 153 Å². The van der Waals surface area contributed by atoms with Gasteiger partial charge in [-0.3, -0.25) is 0 Å². The van der Waals surface area contributed by atoms with E-state index in [1.165, 1.54) is 193 Å². The fraction of sp³-hybridized carbons (Fsp3) is 0.955. The molecule has 81 heavy (non-hydrogen) atoms. The highest BCUT2D eigenvalue weighted by atomic mass is 16.7. The first kappa shape index (κ1) is 86.0. The Bertz CT molecular complexity index is 1010. The second kappa shape index (κ2) is 82.7. The summed E-state index contributed by atoms with van der Waals surface area (Å²) in [5.74, 6) is 0. The van der Waals surface area contributed by atoms with E-state index in [1.54, 1.807) is 0 Å². The molecule has 0 rings (SSSR count). The van der Waals surface area contributed by atoms with Crippen molar-refractivity contribution in [1.29, 1.82) is 0 Å². The van der Waals surface area contributed by atoms with Crippen LogP contribution in [0.2, 0.25) is 0 Å². The highest BCUT2D eigenvalue weighted by Crippen LogP contribution is 2.17. The summed E-state index contributed by atoms with van der Waals surface area (Å²) in [7, 11) is 0. The predicted octanol–water partition coefficient (Wildman–Crippen LogP) is 15.3. The zero-order chi connectivity index (χ0) is 60.3. The molecule has 0 aliphatic rings. The van der Waals surface area contributed by atoms with Crippen LogP contribution in [0.1, 0.15) is 290 Å². The number of ether oxygens (including phenoxy) is 9. The topological polar surface area (TPSA) is 195 Å². The van der Waals surface area contributed by atoms with Gasteiger partial charge < -0.3 is 72.3 Å². The minimum atomic E-state index is -0.245. The van der Waals surface area contributed by atoms with Crippen LogP contribution in [0.15, 0.2) is 0 Å². The van der Waals surface area contributed by atoms with Crippen molar-refractivity contribution in [1.82, 2.24) is 0 Å². The summed E-state index contributed by atoms with van der Waals surface area (Å²) in [6, 6.07) is 0. The molecule has 0 saturated carbocycles. The lowest BCUT2D eigenvalue weighted by Crippen LogP contribution is -2.29. The Morgan fingerprint density at radius 1 is 0.247 bits per heavy atom. The lowest BCUT2D eigenvalue weighted by Gasteiger charge is -2.18. The van der Waals surface area contributed by atoms with Crippen LogP contribution in [0.4, 0.5) is 0 Å². The number of rotatable bonds is 68. The normalized spacial score (nSPS) is 12.7. The lowest BCUT2D eigenvalue weighted by atomic mass is 10.0. The summed E-state index contributed by atoms with van der Waals surface area (Å²) in [6.07, 6.45) is 49.3. The third-order valence-electron chi connectivity index (χ3n) is 14.3. The van der Waals surface area contributed by atoms with Crippen LogP contribution in [-0.2, 0) is 57.0 Å². The van der Waals surface area contributed by atoms with Crippen LogP contribution >= 0.6 is 0 Å². The van der Waals surface area contributed by atoms with Gasteiger partial charge in [0, 0.05) is 19.8 Å². The van der Waals surface area contributed by atoms with Gasteiger partial charge in [-0.1, -0.05) is 233 Å². The summed E-state index contributed by atoms with van der Waals surface area (Å²) in [4.78, 5) is 24.0. The second-order valence-electron chi connectivity index (χ2n) is 21.8. The standard InChI is InChI=1S/C63H128O12.3CH2O/c1-4-7-10-31-40-60(64)43-34-25-19-13-16-22-28-37-46-69-57-72-51-49-67-55-63(75-54-53-74-59-71-48-39-30-24-18-15-21-27-36-45-62(66)42-33-12-9-6-3)56-68-50-52-73-58-70-47-38-29-23-17-14-20-26-35-44-61(65)41-32-11-8-5-2;3*1-2/h60-66H,4-59H2,1-3H3;3*1H2. The highest BCUT2D eigenvalue weighted by molar-refractivity contribution is 5.11. The first-order chi connectivity index (χ1) is 40.0. The molecule has 3 unspecified atom stereocenters. The van der Waals surface area contributed by atoms with E-state index in [2.05, 4.69) is 20.8 Å². The Hall–Kier alpha value is -1.47. The molecule has 0 amide bonds. The van der Waals surface area contributed by atoms with Crippen LogP contribution in [0.25, 0.3) is 0 Å². The van der Waals surface area contributed by atoms with Crippen LogP contribution < -0.4 is 0 Å². The Labute approximate surface area is 498 Å². The summed E-state index contributed by atoms with van der Waals surface area (Å²) in [6.45, 7) is 19.1. The number of aliphatic hydroxyl groups is 3. The number of carbonyl (C=O) groups excluding carboxylic acids is 3. The minimum absolute atomic E-state index is 0.0976. The summed E-state index contributed by atoms with van der Waals surface area (Å²) in [5.41, 5.74) is 0. The van der Waals surface area contributed by atoms with Gasteiger partial charge in [0.05, 0.1) is 71.2 Å². The van der Waals surface area contributed by atoms with Gasteiger partial charge in [-0.2, -0.15) is 0 Å². The zero-order valence-corrected chi connectivity index (χ0v) is 53.3. The molecule has 0 aromatic heterocycles. The molecule has 0 aromatic rings. The molecule has 0 fully saturated rings. The van der Waals surface area contributed by atoms with E-state index >= 15 is 0 Å². The molecular formula is C66H134O15. The van der Waals surface area contributed by atoms with Crippen molar-refractivity contribution >= 4 is 20.4 Å². The van der Waals surface area contributed by atoms with Gasteiger partial charge in [0.15, 0.2) is 0 Å². The summed E-state index contributed by atoms with van der Waals surface area (Å²) >= 11 is 0. The number of unbranched alkanes of at least 4 members (excludes halogenated alkanes) is 30. The maximum absolute atomic E-state index is 10.2. The molecule has 0 saturated heterocycles. The van der Waals surface area contributed by atoms with Gasteiger partial charge >= 0.3 is 0 Å². The smallest absolute Gasteiger partial charge is 0.146 e. The predicted molar refractivity (Wildman–Crippen MR) is 332 cm³/mol. The maximum atomic E-state index is 10.2. The molecule has 0 aliphatic carbocycles. The van der Waals surface area contributed by atoms with Crippen LogP contribution in [0, 0.1) is 0 Å². The van der Waals surface area contributed by atoms with E-state index in [0.717, 1.165) is 77.0 Å². The molecular weight excluding hydrogens is 1030 g/mol. The third kappa shape index (κ3) is 80.6. The first-order valence-corrected chi connectivity index (χ1v) is 33.2. The number of carbonyl (C=O) groups is 3. The Kier molecular flexibility index (Phi) is 87.8. The van der Waals surface area contributed by atoms with Crippen molar-refractivity contribution in [2.24, 2.45) is 0 Å². The van der Waals surface area contributed by atoms with E-state index in [1.807, 2.05) is 20.4 Å². The van der Waals surface area contributed by atoms with Gasteiger partial charge in [-0.25, -0.2) is 0 Å². The van der Waals surface area contributed by atoms with Crippen molar-refractivity contribution < 1.29 is 72.3 Å². The average molecular weight is 1170 g/mol. The van der Waals surface area contributed by atoms with Gasteiger partial charge in [0.2, 0.25) is 0 Å². The third-order valence-corrected chi connectivity index (χ3v) is 14.3. The largest absolute Gasteiger partial charge is 0.393 e. The molecule has 0 spiro atoms. The van der Waals surface area contributed by atoms with Crippen molar-refractivity contribution in [3.8, 4) is 0 Å². The maximum Gasteiger partial charge on any atom is 0.146 e. The fourth-order valence-corrected chi connectivity index (χ4v) is 9.40. The quantitative estimate of drug-likeness (QED) is 0.0384. The highest BCUT2D eigenvalue weighted by Gasteiger charge is 2.11. The van der Waals surface area contributed by atoms with Crippen LogP contribution in [0.5, 0.6) is 0 Å². The van der Waals surface area contributed by atoms with E-state index in [-0.39, 0.29) is 44.8 Å². The lowest BCUT2D eigenvalue weighted by molar-refractivity contribution is -0.114. The molecule has 15 nitrogen and oxygen atoms in total. The van der Waals surface area contributed by atoms with Crippen molar-refractivity contribution in [3.05, 3.63) is 0 Å². The van der Waals surface area contributed by atoms with Crippen molar-refractivity contribution in [2.75, 3.05) is 93.1 Å². The Morgan fingerprint density at radius 2 is 0.444 bits per heavy atom. The van der Waals surface area contributed by atoms with E-state index in [0.29, 0.717) is 72.7 Å². The van der Waals surface area contributed by atoms with Crippen molar-refractivity contribution in [2.45, 2.75) is 315 Å². The molecule has 3 atom stereocenters. The number of hydrogen-bond donors (Lipinski definition) is 3.